The second-order valence-electron chi connectivity index (χ2n) is 19.1. The zero-order chi connectivity index (χ0) is 41.9. The Hall–Kier alpha value is -2.25. The second kappa shape index (κ2) is 20.5. The van der Waals surface area contributed by atoms with Gasteiger partial charge in [0.25, 0.3) is 0 Å². The van der Waals surface area contributed by atoms with E-state index in [-0.39, 0.29) is 46.5 Å². The summed E-state index contributed by atoms with van der Waals surface area (Å²) < 4.78 is 3.34. The summed E-state index contributed by atoms with van der Waals surface area (Å²) in [7, 11) is 0. The predicted molar refractivity (Wildman–Crippen MR) is 256 cm³/mol. The van der Waals surface area contributed by atoms with E-state index in [0.717, 1.165) is 22.9 Å². The van der Waals surface area contributed by atoms with Crippen LogP contribution in [0.15, 0.2) is 96.6 Å². The van der Waals surface area contributed by atoms with E-state index in [4.69, 9.17) is 23.2 Å². The van der Waals surface area contributed by atoms with E-state index in [1.165, 1.54) is 85.5 Å². The van der Waals surface area contributed by atoms with Crippen LogP contribution in [0.4, 0.5) is 0 Å². The molecule has 0 atom stereocenters. The molecule has 8 rings (SSSR count). The van der Waals surface area contributed by atoms with Gasteiger partial charge in [-0.2, -0.15) is 101 Å². The van der Waals surface area contributed by atoms with Crippen LogP contribution in [-0.4, -0.2) is 4.21 Å². The summed E-state index contributed by atoms with van der Waals surface area (Å²) in [5.41, 5.74) is 16.6. The first kappa shape index (κ1) is 51.9. The zero-order valence-corrected chi connectivity index (χ0v) is 42.5. The molecular weight excluding hydrogens is 870 g/mol. The Labute approximate surface area is 389 Å². The summed E-state index contributed by atoms with van der Waals surface area (Å²) in [5.74, 6) is 0. The number of rotatable bonds is 0. The molecule has 0 amide bonds. The summed E-state index contributed by atoms with van der Waals surface area (Å²) >= 11 is 12.3. The van der Waals surface area contributed by atoms with Crippen LogP contribution in [-0.2, 0) is 41.5 Å². The van der Waals surface area contributed by atoms with E-state index in [9.17, 15) is 0 Å². The number of hydrogen-bond acceptors (Lipinski definition) is 0. The van der Waals surface area contributed by atoms with Gasteiger partial charge >= 0.3 is 28.4 Å². The average Bonchev–Trinajstić information content (AvgIpc) is 3.89. The third kappa shape index (κ3) is 12.6. The molecular formula is C53H62Cl4Zr-4. The minimum atomic E-state index is -0.0202. The maximum atomic E-state index is 5.51. The monoisotopic (exact) mass is 928 g/mol. The van der Waals surface area contributed by atoms with Gasteiger partial charge < -0.3 is 0 Å². The molecule has 4 aromatic carbocycles. The van der Waals surface area contributed by atoms with Crippen molar-refractivity contribution in [1.82, 2.24) is 0 Å². The van der Waals surface area contributed by atoms with Gasteiger partial charge in [-0.25, -0.2) is 11.6 Å². The Kier molecular flexibility index (Phi) is 18.4. The number of hydrogen-bond donors (Lipinski definition) is 0. The van der Waals surface area contributed by atoms with Gasteiger partial charge in [0, 0.05) is 5.41 Å². The average molecular weight is 932 g/mol. The molecule has 310 valence electrons. The van der Waals surface area contributed by atoms with Gasteiger partial charge in [-0.1, -0.05) is 129 Å². The third-order valence-electron chi connectivity index (χ3n) is 10.5. The van der Waals surface area contributed by atoms with Crippen LogP contribution in [0.25, 0.3) is 22.3 Å². The number of fused-ring (bicyclic) bond motifs is 5. The Bertz CT molecular complexity index is 2000. The van der Waals surface area contributed by atoms with Crippen LogP contribution < -0.4 is 0 Å². The normalized spacial score (nSPS) is 15.7. The van der Waals surface area contributed by atoms with E-state index in [1.54, 1.807) is 12.1 Å². The molecule has 0 aromatic heterocycles. The molecule has 0 spiro atoms. The van der Waals surface area contributed by atoms with Crippen LogP contribution in [0, 0.1) is 40.5 Å². The van der Waals surface area contributed by atoms with Crippen LogP contribution >= 0.6 is 48.0 Å². The quantitative estimate of drug-likeness (QED) is 0.136. The molecule has 0 heterocycles. The topological polar surface area (TPSA) is 0 Å². The summed E-state index contributed by atoms with van der Waals surface area (Å²) in [4.78, 5) is 0. The molecule has 0 unspecified atom stereocenters. The van der Waals surface area contributed by atoms with Gasteiger partial charge in [0.2, 0.25) is 0 Å². The van der Waals surface area contributed by atoms with Crippen molar-refractivity contribution in [2.24, 2.45) is 16.2 Å². The van der Waals surface area contributed by atoms with E-state index in [1.807, 2.05) is 36.4 Å². The van der Waals surface area contributed by atoms with Crippen molar-refractivity contribution in [3.05, 3.63) is 164 Å². The van der Waals surface area contributed by atoms with E-state index < -0.39 is 0 Å². The van der Waals surface area contributed by atoms with Gasteiger partial charge in [-0.3, -0.25) is 12.2 Å². The van der Waals surface area contributed by atoms with Crippen molar-refractivity contribution in [3.8, 4) is 11.1 Å². The SMILES string of the molecule is CC(C)(C)C1=CC[C-]=C1.CC(C)(C)C1=[C-]C(C)(C)c2cc3c(cc21)-c1cc2c(cc1C3)C(C)(C)C=C2C(C)(C)C.Cl.Cl.Clc1c[c-]ccc1.Clc1c[c-]ccc1.[CH2]=[Zr]. The Morgan fingerprint density at radius 2 is 1.16 bits per heavy atom. The molecule has 4 aliphatic carbocycles. The summed E-state index contributed by atoms with van der Waals surface area (Å²) in [6, 6.07) is 30.1. The molecule has 0 radical (unpaired) electrons. The van der Waals surface area contributed by atoms with Crippen molar-refractivity contribution in [3.63, 3.8) is 0 Å². The van der Waals surface area contributed by atoms with Gasteiger partial charge in [0.1, 0.15) is 0 Å². The van der Waals surface area contributed by atoms with E-state index >= 15 is 0 Å². The van der Waals surface area contributed by atoms with Crippen molar-refractivity contribution in [2.45, 2.75) is 114 Å². The van der Waals surface area contributed by atoms with Crippen molar-refractivity contribution < 1.29 is 24.2 Å². The molecule has 4 aliphatic rings. The van der Waals surface area contributed by atoms with Crippen LogP contribution in [0.3, 0.4) is 0 Å². The number of halogens is 4. The van der Waals surface area contributed by atoms with Crippen molar-refractivity contribution >= 4 is 63.4 Å². The molecule has 58 heavy (non-hydrogen) atoms. The first-order chi connectivity index (χ1) is 26.0. The fourth-order valence-corrected chi connectivity index (χ4v) is 7.88. The minimum absolute atomic E-state index is 0. The molecule has 0 N–H and O–H groups in total. The van der Waals surface area contributed by atoms with Crippen molar-refractivity contribution in [2.75, 3.05) is 0 Å². The van der Waals surface area contributed by atoms with E-state index in [0.29, 0.717) is 5.41 Å². The molecule has 0 saturated heterocycles. The Morgan fingerprint density at radius 3 is 1.52 bits per heavy atom. The number of allylic oxidation sites excluding steroid dienone is 8. The molecule has 0 saturated carbocycles. The first-order valence-electron chi connectivity index (χ1n) is 19.6. The first-order valence-corrected chi connectivity index (χ1v) is 22.1. The van der Waals surface area contributed by atoms with Crippen molar-refractivity contribution in [1.29, 1.82) is 0 Å². The fraction of sp³-hybridized carbons (Fsp3) is 0.377. The molecule has 0 aliphatic heterocycles. The Morgan fingerprint density at radius 1 is 0.655 bits per heavy atom. The zero-order valence-electron chi connectivity index (χ0n) is 36.9. The van der Waals surface area contributed by atoms with Gasteiger partial charge in [0.15, 0.2) is 0 Å². The predicted octanol–water partition coefficient (Wildman–Crippen LogP) is 16.3. The summed E-state index contributed by atoms with van der Waals surface area (Å²) in [6.45, 7) is 30.0. The second-order valence-corrected chi connectivity index (χ2v) is 20.0. The van der Waals surface area contributed by atoms with Crippen LogP contribution in [0.2, 0.25) is 10.0 Å². The van der Waals surface area contributed by atoms with Crippen LogP contribution in [0.1, 0.15) is 130 Å². The van der Waals surface area contributed by atoms with Gasteiger partial charge in [0.05, 0.1) is 0 Å². The third-order valence-corrected chi connectivity index (χ3v) is 11.0. The number of benzene rings is 4. The molecule has 4 aromatic rings. The Balaban J connectivity index is 0.000000349. The van der Waals surface area contributed by atoms with E-state index in [2.05, 4.69) is 161 Å². The standard InChI is InChI=1S/C31H37.C9H13.2C6H4Cl.CH2.2ClH.Zr/c1-28(2,3)26-16-30(7,8)24-12-18-11-19-13-25-23(15-21(19)20(18)14-22(24)26)27(29(4,5)6)17-31(25,9)10;1-9(2,3)8-6-4-5-7-8;2*7-6-4-2-1-3-5-6;;;;/h12-16H,11H2,1-10H3;6-7H,4H2,1-3H3;2*1-2,4-5H;1H2;2*1H;/q4*-1;;;;. The fourth-order valence-electron chi connectivity index (χ4n) is 7.61. The van der Waals surface area contributed by atoms with Gasteiger partial charge in [-0.05, 0) is 62.3 Å². The summed E-state index contributed by atoms with van der Waals surface area (Å²) in [5, 5.41) is 1.48. The molecule has 0 bridgehead atoms. The van der Waals surface area contributed by atoms with Gasteiger partial charge in [-0.15, -0.1) is 42.9 Å². The molecule has 5 heteroatoms. The summed E-state index contributed by atoms with van der Waals surface area (Å²) in [6.07, 6.45) is 15.9. The van der Waals surface area contributed by atoms with Crippen LogP contribution in [0.5, 0.6) is 0 Å². The molecule has 0 fully saturated rings. The maximum absolute atomic E-state index is 5.51. The molecule has 0 nitrogen and oxygen atoms in total.